The van der Waals surface area contributed by atoms with Crippen LogP contribution in [0.3, 0.4) is 0 Å². The highest BCUT2D eigenvalue weighted by atomic mass is 15.1. The Morgan fingerprint density at radius 2 is 1.15 bits per heavy atom. The maximum absolute atomic E-state index is 9.40. The number of benzene rings is 5. The fraction of sp³-hybridized carbons (Fsp3) is 0.184. The van der Waals surface area contributed by atoms with Gasteiger partial charge in [0.05, 0.1) is 11.6 Å². The van der Waals surface area contributed by atoms with Crippen LogP contribution in [-0.4, -0.2) is 5.71 Å². The van der Waals surface area contributed by atoms with Crippen LogP contribution in [0.2, 0.25) is 0 Å². The first-order valence-electron chi connectivity index (χ1n) is 14.4. The third kappa shape index (κ3) is 5.35. The van der Waals surface area contributed by atoms with Gasteiger partial charge in [-0.3, -0.25) is 0 Å². The summed E-state index contributed by atoms with van der Waals surface area (Å²) in [5, 5.41) is 9.40. The molecule has 5 aromatic rings. The van der Waals surface area contributed by atoms with Crippen LogP contribution in [0.25, 0.3) is 0 Å². The van der Waals surface area contributed by atoms with Crippen LogP contribution >= 0.6 is 0 Å². The molecule has 1 aliphatic rings. The average molecular weight is 521 g/mol. The van der Waals surface area contributed by atoms with Crippen LogP contribution in [0, 0.1) is 19.3 Å². The second kappa shape index (κ2) is 11.4. The maximum Gasteiger partial charge on any atom is 0.0512 e. The smallest absolute Gasteiger partial charge is 0.0512 e. The summed E-state index contributed by atoms with van der Waals surface area (Å²) in [7, 11) is 0. The molecule has 0 heterocycles. The van der Waals surface area contributed by atoms with Crippen molar-refractivity contribution in [1.82, 2.24) is 0 Å². The highest BCUT2D eigenvalue weighted by molar-refractivity contribution is 6.05. The van der Waals surface area contributed by atoms with Crippen molar-refractivity contribution < 1.29 is 0 Å². The summed E-state index contributed by atoms with van der Waals surface area (Å²) in [6.07, 6.45) is 4.89. The number of para-hydroxylation sites is 1. The van der Waals surface area contributed by atoms with Gasteiger partial charge in [-0.05, 0) is 104 Å². The summed E-state index contributed by atoms with van der Waals surface area (Å²) in [4.78, 5) is 2.33. The van der Waals surface area contributed by atoms with Crippen molar-refractivity contribution in [2.45, 2.75) is 45.4 Å². The normalized spacial score (nSPS) is 12.7. The second-order valence-electron chi connectivity index (χ2n) is 11.1. The Morgan fingerprint density at radius 1 is 0.575 bits per heavy atom. The van der Waals surface area contributed by atoms with Crippen molar-refractivity contribution in [2.75, 3.05) is 4.90 Å². The fourth-order valence-corrected chi connectivity index (χ4v) is 6.07. The Kier molecular flexibility index (Phi) is 7.33. The van der Waals surface area contributed by atoms with Crippen LogP contribution in [0.5, 0.6) is 0 Å². The number of nitrogens with zero attached hydrogens (tertiary/aromatic N) is 1. The van der Waals surface area contributed by atoms with Crippen LogP contribution < -0.4 is 4.90 Å². The maximum atomic E-state index is 9.40. The van der Waals surface area contributed by atoms with E-state index in [-0.39, 0.29) is 5.92 Å². The fourth-order valence-electron chi connectivity index (χ4n) is 6.07. The summed E-state index contributed by atoms with van der Waals surface area (Å²) in [5.74, 6) is -0.128. The summed E-state index contributed by atoms with van der Waals surface area (Å²) in [6, 6.07) is 43.3. The molecule has 0 unspecified atom stereocenters. The molecule has 2 heteroatoms. The number of fused-ring (bicyclic) bond motifs is 1. The standard InChI is InChI=1S/C38H36N2/c1-27-10-8-14-32(24-27)37(33-15-9-11-28(2)25-33)38(39)30-19-21-35(22-20-30)40(34-16-4-3-5-17-34)36-23-18-29-12-6-7-13-31(29)26-36/h3-5,8-11,14-26,37,39H,6-7,12-13H2,1-2H3. The number of aryl methyl sites for hydroxylation is 4. The number of anilines is 3. The summed E-state index contributed by atoms with van der Waals surface area (Å²) >= 11 is 0. The van der Waals surface area contributed by atoms with Crippen molar-refractivity contribution in [1.29, 1.82) is 5.41 Å². The molecule has 0 aliphatic heterocycles. The van der Waals surface area contributed by atoms with Gasteiger partial charge >= 0.3 is 0 Å². The first-order chi connectivity index (χ1) is 19.6. The Labute approximate surface area is 238 Å². The van der Waals surface area contributed by atoms with Gasteiger partial charge in [-0.1, -0.05) is 96.1 Å². The molecule has 0 spiro atoms. The number of nitrogens with one attached hydrogen (secondary N) is 1. The first-order valence-corrected chi connectivity index (χ1v) is 14.4. The Hall–Kier alpha value is -4.43. The van der Waals surface area contributed by atoms with Gasteiger partial charge in [0, 0.05) is 17.1 Å². The van der Waals surface area contributed by atoms with Crippen LogP contribution in [0.1, 0.15) is 57.7 Å². The lowest BCUT2D eigenvalue weighted by molar-refractivity contribution is 0.685. The molecule has 1 N–H and O–H groups in total. The van der Waals surface area contributed by atoms with E-state index in [1.165, 1.54) is 47.2 Å². The molecular formula is C38H36N2. The van der Waals surface area contributed by atoms with Crippen LogP contribution in [-0.2, 0) is 12.8 Å². The largest absolute Gasteiger partial charge is 0.310 e. The van der Waals surface area contributed by atoms with E-state index >= 15 is 0 Å². The Balaban J connectivity index is 1.38. The van der Waals surface area contributed by atoms with Crippen molar-refractivity contribution in [3.63, 3.8) is 0 Å². The van der Waals surface area contributed by atoms with E-state index in [4.69, 9.17) is 0 Å². The van der Waals surface area contributed by atoms with E-state index in [1.54, 1.807) is 0 Å². The predicted octanol–water partition coefficient (Wildman–Crippen LogP) is 9.85. The van der Waals surface area contributed by atoms with E-state index in [2.05, 4.69) is 140 Å². The summed E-state index contributed by atoms with van der Waals surface area (Å²) < 4.78 is 0. The molecule has 0 amide bonds. The minimum atomic E-state index is -0.128. The molecule has 0 bridgehead atoms. The van der Waals surface area contributed by atoms with Gasteiger partial charge in [-0.25, -0.2) is 0 Å². The zero-order valence-electron chi connectivity index (χ0n) is 23.4. The van der Waals surface area contributed by atoms with Crippen LogP contribution in [0.15, 0.2) is 121 Å². The molecule has 0 radical (unpaired) electrons. The molecule has 198 valence electrons. The lowest BCUT2D eigenvalue weighted by Crippen LogP contribution is -2.16. The molecule has 0 saturated heterocycles. The number of hydrogen-bond donors (Lipinski definition) is 1. The van der Waals surface area contributed by atoms with Crippen molar-refractivity contribution >= 4 is 22.8 Å². The van der Waals surface area contributed by atoms with Gasteiger partial charge in [0.2, 0.25) is 0 Å². The van der Waals surface area contributed by atoms with E-state index in [0.29, 0.717) is 5.71 Å². The highest BCUT2D eigenvalue weighted by Gasteiger charge is 2.22. The third-order valence-electron chi connectivity index (χ3n) is 8.08. The third-order valence-corrected chi connectivity index (χ3v) is 8.08. The van der Waals surface area contributed by atoms with Crippen LogP contribution in [0.4, 0.5) is 17.1 Å². The number of rotatable bonds is 7. The average Bonchev–Trinajstić information content (AvgIpc) is 2.98. The Bertz CT molecular complexity index is 1590. The molecule has 0 saturated carbocycles. The van der Waals surface area contributed by atoms with Gasteiger partial charge < -0.3 is 10.3 Å². The second-order valence-corrected chi connectivity index (χ2v) is 11.1. The van der Waals surface area contributed by atoms with E-state index in [1.807, 2.05) is 0 Å². The van der Waals surface area contributed by atoms with E-state index < -0.39 is 0 Å². The van der Waals surface area contributed by atoms with Crippen molar-refractivity contribution in [3.8, 4) is 0 Å². The predicted molar refractivity (Wildman–Crippen MR) is 169 cm³/mol. The Morgan fingerprint density at radius 3 is 1.77 bits per heavy atom. The minimum Gasteiger partial charge on any atom is -0.310 e. The molecule has 6 rings (SSSR count). The quantitative estimate of drug-likeness (QED) is 0.212. The minimum absolute atomic E-state index is 0.128. The van der Waals surface area contributed by atoms with Gasteiger partial charge in [0.15, 0.2) is 0 Å². The molecule has 0 atom stereocenters. The van der Waals surface area contributed by atoms with E-state index in [0.717, 1.165) is 34.5 Å². The summed E-state index contributed by atoms with van der Waals surface area (Å²) in [6.45, 7) is 4.24. The monoisotopic (exact) mass is 520 g/mol. The topological polar surface area (TPSA) is 27.1 Å². The molecule has 5 aromatic carbocycles. The molecule has 0 aromatic heterocycles. The highest BCUT2D eigenvalue weighted by Crippen LogP contribution is 2.37. The van der Waals surface area contributed by atoms with Gasteiger partial charge in [0.25, 0.3) is 0 Å². The summed E-state index contributed by atoms with van der Waals surface area (Å²) in [5.41, 5.74) is 12.7. The first kappa shape index (κ1) is 25.8. The molecule has 40 heavy (non-hydrogen) atoms. The molecule has 0 fully saturated rings. The lowest BCUT2D eigenvalue weighted by atomic mass is 9.83. The molecular weight excluding hydrogens is 484 g/mol. The number of hydrogen-bond acceptors (Lipinski definition) is 2. The molecule has 1 aliphatic carbocycles. The lowest BCUT2D eigenvalue weighted by Gasteiger charge is -2.28. The van der Waals surface area contributed by atoms with Crippen molar-refractivity contribution in [3.05, 3.63) is 160 Å². The zero-order chi connectivity index (χ0) is 27.5. The zero-order valence-corrected chi connectivity index (χ0v) is 23.4. The van der Waals surface area contributed by atoms with Crippen molar-refractivity contribution in [2.24, 2.45) is 0 Å². The molecule has 2 nitrogen and oxygen atoms in total. The van der Waals surface area contributed by atoms with E-state index in [9.17, 15) is 5.41 Å². The SMILES string of the molecule is Cc1cccc(C(C(=N)c2ccc(N(c3ccccc3)c3ccc4c(c3)CCCC4)cc2)c2cccc(C)c2)c1. The van der Waals surface area contributed by atoms with Gasteiger partial charge in [-0.2, -0.15) is 0 Å². The van der Waals surface area contributed by atoms with Gasteiger partial charge in [-0.15, -0.1) is 0 Å². The van der Waals surface area contributed by atoms with Gasteiger partial charge in [0.1, 0.15) is 0 Å².